The lowest BCUT2D eigenvalue weighted by atomic mass is 9.44. The Kier molecular flexibility index (Phi) is 7.26. The standard InChI is InChI=1S/C56H45BN2O/c1-55(2,3)38-24-28-47-42(30-38)44-31-39(56(4,5)6)32-45-43-33-50-51(41-19-13-14-20-49(41)60-50)54-52(43)57(59(47)53(44)45)46-29-37(35-17-11-8-12-18-35)23-27-48(46)58(54)40-25-21-36(22-26-40)34-15-9-7-10-16-34/h7-33H,1-6H3. The number of benzene rings is 8. The van der Waals surface area contributed by atoms with Gasteiger partial charge in [0.15, 0.2) is 0 Å². The molecule has 0 atom stereocenters. The van der Waals surface area contributed by atoms with Crippen molar-refractivity contribution in [3.05, 3.63) is 175 Å². The third-order valence-electron chi connectivity index (χ3n) is 13.3. The van der Waals surface area contributed by atoms with Gasteiger partial charge >= 0.3 is 6.85 Å². The summed E-state index contributed by atoms with van der Waals surface area (Å²) in [5, 5.41) is 4.91. The van der Waals surface area contributed by atoms with E-state index in [9.17, 15) is 0 Å². The van der Waals surface area contributed by atoms with Crippen molar-refractivity contribution < 1.29 is 4.42 Å². The molecule has 4 heteroatoms. The van der Waals surface area contributed by atoms with Gasteiger partial charge in [-0.1, -0.05) is 151 Å². The SMILES string of the molecule is CC(C)(C)c1ccc2c(c1)c1cc(C(C)(C)C)cc3c1n2B1c2cc(-c4ccccc4)ccc2N(c2ccc(-c4ccccc4)cc2)c2c1c-3cc1oc3ccccc3c21. The number of hydrogen-bond donors (Lipinski definition) is 0. The molecule has 0 amide bonds. The van der Waals surface area contributed by atoms with Crippen LogP contribution in [-0.4, -0.2) is 11.3 Å². The Bertz CT molecular complexity index is 3380. The summed E-state index contributed by atoms with van der Waals surface area (Å²) in [6, 6.07) is 61.0. The van der Waals surface area contributed by atoms with Gasteiger partial charge in [0, 0.05) is 44.1 Å². The fourth-order valence-corrected chi connectivity index (χ4v) is 10.2. The van der Waals surface area contributed by atoms with Crippen molar-refractivity contribution in [3.63, 3.8) is 0 Å². The van der Waals surface area contributed by atoms with Crippen LogP contribution in [0, 0.1) is 0 Å². The molecule has 2 aliphatic heterocycles. The molecule has 3 nitrogen and oxygen atoms in total. The number of anilines is 3. The molecule has 0 saturated heterocycles. The molecule has 60 heavy (non-hydrogen) atoms. The van der Waals surface area contributed by atoms with E-state index in [0.717, 1.165) is 27.6 Å². The normalized spacial score (nSPS) is 13.4. The number of rotatable bonds is 3. The molecule has 0 bridgehead atoms. The van der Waals surface area contributed by atoms with Crippen LogP contribution >= 0.6 is 0 Å². The van der Waals surface area contributed by atoms with Gasteiger partial charge < -0.3 is 13.8 Å². The Labute approximate surface area is 351 Å². The van der Waals surface area contributed by atoms with E-state index in [0.29, 0.717) is 0 Å². The summed E-state index contributed by atoms with van der Waals surface area (Å²) < 4.78 is 9.60. The number of nitrogens with zero attached hydrogens (tertiary/aromatic N) is 2. The third kappa shape index (κ3) is 5.03. The van der Waals surface area contributed by atoms with Crippen molar-refractivity contribution in [2.24, 2.45) is 0 Å². The molecule has 0 aliphatic carbocycles. The second kappa shape index (κ2) is 12.4. The monoisotopic (exact) mass is 772 g/mol. The zero-order chi connectivity index (χ0) is 40.7. The summed E-state index contributed by atoms with van der Waals surface area (Å²) in [6.07, 6.45) is 0. The summed E-state index contributed by atoms with van der Waals surface area (Å²) in [5.74, 6) is 0. The molecule has 10 aromatic rings. The molecule has 0 N–H and O–H groups in total. The molecular weight excluding hydrogens is 727 g/mol. The summed E-state index contributed by atoms with van der Waals surface area (Å²) in [4.78, 5) is 2.54. The maximum Gasteiger partial charge on any atom is 0.333 e. The average molecular weight is 773 g/mol. The van der Waals surface area contributed by atoms with Gasteiger partial charge in [-0.05, 0) is 115 Å². The van der Waals surface area contributed by atoms with E-state index in [1.165, 1.54) is 88.6 Å². The van der Waals surface area contributed by atoms with Gasteiger partial charge in [0.2, 0.25) is 0 Å². The average Bonchev–Trinajstić information content (AvgIpc) is 3.80. The van der Waals surface area contributed by atoms with Gasteiger partial charge in [0.05, 0.1) is 11.1 Å². The van der Waals surface area contributed by atoms with Gasteiger partial charge in [-0.2, -0.15) is 0 Å². The van der Waals surface area contributed by atoms with Crippen molar-refractivity contribution in [1.29, 1.82) is 0 Å². The summed E-state index contributed by atoms with van der Waals surface area (Å²) in [5.41, 5.74) is 20.4. The van der Waals surface area contributed by atoms with Crippen LogP contribution in [0.15, 0.2) is 168 Å². The van der Waals surface area contributed by atoms with Gasteiger partial charge in [-0.15, -0.1) is 0 Å². The van der Waals surface area contributed by atoms with Crippen LogP contribution in [0.3, 0.4) is 0 Å². The van der Waals surface area contributed by atoms with E-state index in [4.69, 9.17) is 4.42 Å². The minimum Gasteiger partial charge on any atom is -0.456 e. The van der Waals surface area contributed by atoms with Gasteiger partial charge in [0.1, 0.15) is 11.2 Å². The van der Waals surface area contributed by atoms with E-state index in [1.807, 2.05) is 0 Å². The van der Waals surface area contributed by atoms with Crippen LogP contribution in [0.25, 0.3) is 77.1 Å². The lowest BCUT2D eigenvalue weighted by molar-refractivity contribution is 0.590. The Morgan fingerprint density at radius 2 is 1.12 bits per heavy atom. The quantitative estimate of drug-likeness (QED) is 0.167. The molecule has 2 aliphatic rings. The minimum absolute atomic E-state index is 0.00745. The van der Waals surface area contributed by atoms with Crippen LogP contribution in [0.2, 0.25) is 0 Å². The van der Waals surface area contributed by atoms with Gasteiger partial charge in [-0.25, -0.2) is 0 Å². The van der Waals surface area contributed by atoms with E-state index >= 15 is 0 Å². The highest BCUT2D eigenvalue weighted by Crippen LogP contribution is 2.51. The summed E-state index contributed by atoms with van der Waals surface area (Å²) >= 11 is 0. The zero-order valence-electron chi connectivity index (χ0n) is 35.0. The molecule has 2 aromatic heterocycles. The Morgan fingerprint density at radius 3 is 1.83 bits per heavy atom. The van der Waals surface area contributed by atoms with Crippen molar-refractivity contribution in [1.82, 2.24) is 4.48 Å². The van der Waals surface area contributed by atoms with Crippen LogP contribution in [0.4, 0.5) is 17.1 Å². The lowest BCUT2D eigenvalue weighted by Crippen LogP contribution is -2.56. The number of fused-ring (bicyclic) bond motifs is 11. The highest BCUT2D eigenvalue weighted by Gasteiger charge is 2.45. The third-order valence-corrected chi connectivity index (χ3v) is 13.3. The zero-order valence-corrected chi connectivity index (χ0v) is 35.0. The largest absolute Gasteiger partial charge is 0.456 e. The number of furan rings is 1. The van der Waals surface area contributed by atoms with Crippen LogP contribution in [-0.2, 0) is 10.8 Å². The first kappa shape index (κ1) is 35.2. The smallest absolute Gasteiger partial charge is 0.333 e. The Hall–Kier alpha value is -6.78. The minimum atomic E-state index is -0.0972. The highest BCUT2D eigenvalue weighted by atomic mass is 16.3. The fraction of sp³-hybridized carbons (Fsp3) is 0.143. The first-order chi connectivity index (χ1) is 29.0. The predicted octanol–water partition coefficient (Wildman–Crippen LogP) is 14.0. The Balaban J connectivity index is 1.26. The molecule has 288 valence electrons. The van der Waals surface area contributed by atoms with Gasteiger partial charge in [-0.3, -0.25) is 0 Å². The Morgan fingerprint density at radius 1 is 0.483 bits per heavy atom. The molecule has 0 unspecified atom stereocenters. The number of aromatic nitrogens is 1. The summed E-state index contributed by atoms with van der Waals surface area (Å²) in [7, 11) is 0. The fourth-order valence-electron chi connectivity index (χ4n) is 10.2. The maximum atomic E-state index is 6.91. The van der Waals surface area contributed by atoms with Crippen molar-refractivity contribution in [2.45, 2.75) is 52.4 Å². The number of hydrogen-bond acceptors (Lipinski definition) is 2. The van der Waals surface area contributed by atoms with Gasteiger partial charge in [0.25, 0.3) is 0 Å². The second-order valence-corrected chi connectivity index (χ2v) is 19.0. The molecule has 8 aromatic carbocycles. The molecule has 12 rings (SSSR count). The summed E-state index contributed by atoms with van der Waals surface area (Å²) in [6.45, 7) is 13.9. The molecule has 0 spiro atoms. The van der Waals surface area contributed by atoms with E-state index in [-0.39, 0.29) is 17.7 Å². The maximum absolute atomic E-state index is 6.91. The van der Waals surface area contributed by atoms with E-state index in [1.54, 1.807) is 0 Å². The first-order valence-electron chi connectivity index (χ1n) is 21.3. The van der Waals surface area contributed by atoms with Crippen LogP contribution in [0.5, 0.6) is 0 Å². The molecule has 0 fully saturated rings. The van der Waals surface area contributed by atoms with Crippen molar-refractivity contribution >= 4 is 78.6 Å². The first-order valence-corrected chi connectivity index (χ1v) is 21.3. The highest BCUT2D eigenvalue weighted by molar-refractivity contribution is 6.90. The topological polar surface area (TPSA) is 21.3 Å². The number of para-hydroxylation sites is 1. The second-order valence-electron chi connectivity index (χ2n) is 19.0. The van der Waals surface area contributed by atoms with E-state index < -0.39 is 0 Å². The van der Waals surface area contributed by atoms with Crippen molar-refractivity contribution in [2.75, 3.05) is 4.90 Å². The molecule has 0 saturated carbocycles. The van der Waals surface area contributed by atoms with Crippen LogP contribution < -0.4 is 15.8 Å². The lowest BCUT2D eigenvalue weighted by Gasteiger charge is -2.41. The van der Waals surface area contributed by atoms with E-state index in [2.05, 4.69) is 215 Å². The van der Waals surface area contributed by atoms with Crippen LogP contribution in [0.1, 0.15) is 52.7 Å². The molecular formula is C56H45BN2O. The predicted molar refractivity (Wildman–Crippen MR) is 256 cm³/mol. The molecule has 0 radical (unpaired) electrons. The molecule has 4 heterocycles. The van der Waals surface area contributed by atoms with Crippen molar-refractivity contribution in [3.8, 4) is 33.4 Å².